The molecule has 1 amide bonds. The van der Waals surface area contributed by atoms with Crippen LogP contribution in [-0.2, 0) is 11.0 Å². The summed E-state index contributed by atoms with van der Waals surface area (Å²) in [7, 11) is 0. The van der Waals surface area contributed by atoms with Gasteiger partial charge in [0.25, 0.3) is 11.8 Å². The van der Waals surface area contributed by atoms with Crippen LogP contribution >= 0.6 is 23.2 Å². The van der Waals surface area contributed by atoms with E-state index in [4.69, 9.17) is 23.2 Å². The van der Waals surface area contributed by atoms with Gasteiger partial charge in [-0.3, -0.25) is 24.0 Å². The van der Waals surface area contributed by atoms with Gasteiger partial charge in [0.05, 0.1) is 45.4 Å². The van der Waals surface area contributed by atoms with Crippen LogP contribution in [-0.4, -0.2) is 61.4 Å². The average Bonchev–Trinajstić information content (AvgIpc) is 3.22. The van der Waals surface area contributed by atoms with Crippen molar-refractivity contribution >= 4 is 40.9 Å². The lowest BCUT2D eigenvalue weighted by Crippen LogP contribution is -2.39. The summed E-state index contributed by atoms with van der Waals surface area (Å²) in [5, 5.41) is 12.9. The Labute approximate surface area is 229 Å². The van der Waals surface area contributed by atoms with Crippen molar-refractivity contribution in [3.8, 4) is 0 Å². The summed E-state index contributed by atoms with van der Waals surface area (Å²) in [6.07, 6.45) is -2.42. The number of pyridine rings is 1. The zero-order valence-electron chi connectivity index (χ0n) is 20.4. The fourth-order valence-electron chi connectivity index (χ4n) is 4.83. The van der Waals surface area contributed by atoms with Gasteiger partial charge < -0.3 is 10.0 Å². The molecule has 2 aliphatic rings. The van der Waals surface area contributed by atoms with E-state index in [1.807, 2.05) is 0 Å². The predicted molar refractivity (Wildman–Crippen MR) is 128 cm³/mol. The lowest BCUT2D eigenvalue weighted by Gasteiger charge is -2.34. The molecule has 0 aromatic carbocycles. The normalized spacial score (nSPS) is 24.3. The van der Waals surface area contributed by atoms with Gasteiger partial charge in [-0.1, -0.05) is 23.2 Å². The molecule has 15 heteroatoms. The molecule has 1 unspecified atom stereocenters. The molecule has 8 nitrogen and oxygen atoms in total. The predicted octanol–water partition coefficient (Wildman–Crippen LogP) is 5.79. The molecule has 2 fully saturated rings. The maximum atomic E-state index is 14.3. The number of carboxylic acid groups (broad SMARTS) is 1. The number of hydrogen-bond donors (Lipinski definition) is 1. The fourth-order valence-corrected chi connectivity index (χ4v) is 5.41. The molecule has 2 saturated carbocycles. The lowest BCUT2D eigenvalue weighted by molar-refractivity contribution is -0.152. The van der Waals surface area contributed by atoms with E-state index >= 15 is 0 Å². The van der Waals surface area contributed by atoms with Gasteiger partial charge in [0.15, 0.2) is 11.5 Å². The van der Waals surface area contributed by atoms with Crippen LogP contribution in [0.2, 0.25) is 10.0 Å². The molecule has 2 aliphatic carbocycles. The van der Waals surface area contributed by atoms with Crippen LogP contribution in [0.25, 0.3) is 0 Å². The number of carbonyl (C=O) groups is 3. The number of Topliss-reactive ketones (excluding diaryl/α,β-unsaturated/α-hetero) is 1. The van der Waals surface area contributed by atoms with E-state index in [1.165, 1.54) is 6.92 Å². The Morgan fingerprint density at radius 2 is 1.69 bits per heavy atom. The molecular formula is C24H23Cl2F5N4O4. The molecule has 0 radical (unpaired) electrons. The lowest BCUT2D eigenvalue weighted by atomic mass is 9.74. The fraction of sp³-hybridized carbons (Fsp3) is 0.542. The van der Waals surface area contributed by atoms with Crippen molar-refractivity contribution in [3.05, 3.63) is 45.5 Å². The van der Waals surface area contributed by atoms with Gasteiger partial charge in [0, 0.05) is 31.3 Å². The summed E-state index contributed by atoms with van der Waals surface area (Å²) < 4.78 is 71.0. The van der Waals surface area contributed by atoms with E-state index in [-0.39, 0.29) is 41.3 Å². The molecule has 4 rings (SSSR count). The minimum absolute atomic E-state index is 0.0662. The van der Waals surface area contributed by atoms with E-state index in [2.05, 4.69) is 10.1 Å². The van der Waals surface area contributed by atoms with Crippen molar-refractivity contribution in [1.82, 2.24) is 19.7 Å². The van der Waals surface area contributed by atoms with Crippen LogP contribution < -0.4 is 0 Å². The van der Waals surface area contributed by atoms with Crippen molar-refractivity contribution in [3.63, 3.8) is 0 Å². The Morgan fingerprint density at radius 3 is 2.18 bits per heavy atom. The molecule has 2 heterocycles. The van der Waals surface area contributed by atoms with Crippen LogP contribution in [0.5, 0.6) is 0 Å². The molecule has 1 N–H and O–H groups in total. The minimum Gasteiger partial charge on any atom is -0.481 e. The second kappa shape index (κ2) is 10.3. The molecular weight excluding hydrogens is 574 g/mol. The molecule has 212 valence electrons. The highest BCUT2D eigenvalue weighted by Crippen LogP contribution is 2.49. The molecule has 0 spiro atoms. The smallest absolute Gasteiger partial charge is 0.433 e. The number of carbonyl (C=O) groups excluding carboxylic acids is 2. The van der Waals surface area contributed by atoms with Crippen LogP contribution in [0.1, 0.15) is 71.5 Å². The first-order valence-corrected chi connectivity index (χ1v) is 12.7. The van der Waals surface area contributed by atoms with Crippen LogP contribution in [0.15, 0.2) is 18.6 Å². The summed E-state index contributed by atoms with van der Waals surface area (Å²) in [5.74, 6) is -7.69. The van der Waals surface area contributed by atoms with E-state index in [0.717, 1.165) is 12.4 Å². The summed E-state index contributed by atoms with van der Waals surface area (Å²) in [6.45, 7) is -0.0311. The number of ketones is 1. The number of aliphatic carboxylic acids is 1. The summed E-state index contributed by atoms with van der Waals surface area (Å²) >= 11 is 12.0. The summed E-state index contributed by atoms with van der Waals surface area (Å²) in [4.78, 5) is 42.3. The van der Waals surface area contributed by atoms with Crippen LogP contribution in [0.4, 0.5) is 22.0 Å². The summed E-state index contributed by atoms with van der Waals surface area (Å²) in [6, 6.07) is -0.840. The highest BCUT2D eigenvalue weighted by molar-refractivity contribution is 6.39. The Bertz CT molecular complexity index is 1290. The molecule has 0 aliphatic heterocycles. The topological polar surface area (TPSA) is 105 Å². The Hall–Kier alpha value is -2.80. The number of halogens is 7. The first-order chi connectivity index (χ1) is 18.0. The van der Waals surface area contributed by atoms with E-state index in [0.29, 0.717) is 15.8 Å². The van der Waals surface area contributed by atoms with Crippen LogP contribution in [0.3, 0.4) is 0 Å². The maximum absolute atomic E-state index is 14.3. The minimum atomic E-state index is -5.06. The number of aromatic nitrogens is 3. The standard InChI is InChI=1S/C24H23Cl2F5N4O4/c1-22(21(38)39)4-2-13(3-5-22)35-19(24(29,30)31)14(7-33-35)20(37)34(10-12-6-23(12,27)28)11-17(36)18-15(25)8-32-9-16(18)26/h7-9,12-13H,2-6,10-11H2,1H3,(H,38,39). The van der Waals surface area contributed by atoms with Crippen molar-refractivity contribution in [2.45, 2.75) is 57.2 Å². The number of nitrogens with zero attached hydrogens (tertiary/aromatic N) is 4. The molecule has 2 aromatic heterocycles. The zero-order chi connectivity index (χ0) is 28.9. The highest BCUT2D eigenvalue weighted by atomic mass is 35.5. The van der Waals surface area contributed by atoms with Gasteiger partial charge >= 0.3 is 12.1 Å². The first kappa shape index (κ1) is 29.2. The monoisotopic (exact) mass is 596 g/mol. The first-order valence-electron chi connectivity index (χ1n) is 11.9. The van der Waals surface area contributed by atoms with Gasteiger partial charge in [0.1, 0.15) is 0 Å². The number of carboxylic acids is 1. The van der Waals surface area contributed by atoms with Crippen molar-refractivity contribution in [2.75, 3.05) is 13.1 Å². The van der Waals surface area contributed by atoms with Crippen molar-refractivity contribution < 1.29 is 41.4 Å². The van der Waals surface area contributed by atoms with Gasteiger partial charge in [-0.25, -0.2) is 8.78 Å². The molecule has 1 atom stereocenters. The van der Waals surface area contributed by atoms with Gasteiger partial charge in [-0.2, -0.15) is 18.3 Å². The van der Waals surface area contributed by atoms with Gasteiger partial charge in [-0.15, -0.1) is 0 Å². The number of hydrogen-bond acceptors (Lipinski definition) is 5. The average molecular weight is 597 g/mol. The molecule has 2 aromatic rings. The number of rotatable bonds is 8. The van der Waals surface area contributed by atoms with E-state index in [1.54, 1.807) is 0 Å². The second-order valence-corrected chi connectivity index (χ2v) is 11.0. The van der Waals surface area contributed by atoms with Crippen molar-refractivity contribution in [1.29, 1.82) is 0 Å². The third-order valence-corrected chi connectivity index (χ3v) is 7.94. The Kier molecular flexibility index (Phi) is 7.71. The number of amides is 1. The molecule has 0 bridgehead atoms. The van der Waals surface area contributed by atoms with Gasteiger partial charge in [-0.05, 0) is 32.6 Å². The van der Waals surface area contributed by atoms with E-state index < -0.39 is 77.9 Å². The zero-order valence-corrected chi connectivity index (χ0v) is 22.0. The Balaban J connectivity index is 1.66. The second-order valence-electron chi connectivity index (χ2n) is 10.2. The third-order valence-electron chi connectivity index (χ3n) is 7.37. The molecule has 0 saturated heterocycles. The third kappa shape index (κ3) is 5.88. The van der Waals surface area contributed by atoms with Crippen LogP contribution in [0, 0.1) is 11.3 Å². The van der Waals surface area contributed by atoms with Crippen molar-refractivity contribution in [2.24, 2.45) is 11.3 Å². The van der Waals surface area contributed by atoms with Gasteiger partial charge in [0.2, 0.25) is 0 Å². The Morgan fingerprint density at radius 1 is 1.13 bits per heavy atom. The SMILES string of the molecule is CC1(C(=O)O)CCC(n2ncc(C(=O)N(CC(=O)c3c(Cl)cncc3Cl)CC3CC3(F)F)c2C(F)(F)F)CC1. The largest absolute Gasteiger partial charge is 0.481 e. The van der Waals surface area contributed by atoms with E-state index in [9.17, 15) is 41.4 Å². The highest BCUT2D eigenvalue weighted by Gasteiger charge is 2.58. The quantitative estimate of drug-likeness (QED) is 0.305. The number of alkyl halides is 5. The molecule has 39 heavy (non-hydrogen) atoms. The maximum Gasteiger partial charge on any atom is 0.433 e. The summed E-state index contributed by atoms with van der Waals surface area (Å²) in [5.41, 5.74) is -3.64.